The molecule has 4 nitrogen and oxygen atoms in total. The Balaban J connectivity index is 1.81. The second kappa shape index (κ2) is 4.44. The van der Waals surface area contributed by atoms with E-state index in [0.717, 1.165) is 25.7 Å². The third kappa shape index (κ3) is 2.20. The highest BCUT2D eigenvalue weighted by Crippen LogP contribution is 2.49. The first-order valence-corrected chi connectivity index (χ1v) is 6.13. The van der Waals surface area contributed by atoms with Crippen LogP contribution in [-0.4, -0.2) is 36.5 Å². The van der Waals surface area contributed by atoms with E-state index in [2.05, 4.69) is 6.92 Å². The number of ketones is 1. The lowest BCUT2D eigenvalue weighted by Gasteiger charge is -2.31. The predicted molar refractivity (Wildman–Crippen MR) is 59.1 cm³/mol. The normalized spacial score (nSPS) is 22.3. The molecule has 0 aromatic rings. The summed E-state index contributed by atoms with van der Waals surface area (Å²) in [5.74, 6) is 0.338. The maximum Gasteiger partial charge on any atom is 0.409 e. The number of nitrogens with zero attached hydrogens (tertiary/aromatic N) is 1. The van der Waals surface area contributed by atoms with Gasteiger partial charge in [0, 0.05) is 24.9 Å². The van der Waals surface area contributed by atoms with Gasteiger partial charge in [0.15, 0.2) is 0 Å². The van der Waals surface area contributed by atoms with Gasteiger partial charge in [-0.1, -0.05) is 13.3 Å². The summed E-state index contributed by atoms with van der Waals surface area (Å²) in [6, 6.07) is 0. The standard InChI is InChI=1S/C12H19NO3/c1-2-3-8-16-11(15)13-7-4-10(14)12(9-13)5-6-12/h2-9H2,1H3. The molecule has 4 heteroatoms. The van der Waals surface area contributed by atoms with Gasteiger partial charge in [-0.05, 0) is 19.3 Å². The van der Waals surface area contributed by atoms with Crippen molar-refractivity contribution in [2.45, 2.75) is 39.0 Å². The predicted octanol–water partition coefficient (Wildman–Crippen LogP) is 1.98. The molecule has 0 aromatic carbocycles. The van der Waals surface area contributed by atoms with Crippen LogP contribution in [0.1, 0.15) is 39.0 Å². The van der Waals surface area contributed by atoms with E-state index in [-0.39, 0.29) is 11.5 Å². The molecular weight excluding hydrogens is 206 g/mol. The van der Waals surface area contributed by atoms with Crippen molar-refractivity contribution in [3.63, 3.8) is 0 Å². The molecular formula is C12H19NO3. The van der Waals surface area contributed by atoms with Crippen LogP contribution in [0.2, 0.25) is 0 Å². The third-order valence-corrected chi connectivity index (χ3v) is 3.53. The number of unbranched alkanes of at least 4 members (excludes halogenated alkanes) is 1. The molecule has 0 aromatic heterocycles. The van der Waals surface area contributed by atoms with Crippen LogP contribution in [0.5, 0.6) is 0 Å². The van der Waals surface area contributed by atoms with Gasteiger partial charge in [0.2, 0.25) is 0 Å². The molecule has 1 saturated heterocycles. The zero-order chi connectivity index (χ0) is 11.6. The average molecular weight is 225 g/mol. The largest absolute Gasteiger partial charge is 0.449 e. The van der Waals surface area contributed by atoms with Gasteiger partial charge in [-0.15, -0.1) is 0 Å². The molecule has 16 heavy (non-hydrogen) atoms. The monoisotopic (exact) mass is 225 g/mol. The van der Waals surface area contributed by atoms with Crippen LogP contribution >= 0.6 is 0 Å². The van der Waals surface area contributed by atoms with E-state index in [0.29, 0.717) is 31.9 Å². The van der Waals surface area contributed by atoms with Gasteiger partial charge in [0.25, 0.3) is 0 Å². The maximum absolute atomic E-state index is 11.7. The van der Waals surface area contributed by atoms with E-state index in [1.54, 1.807) is 4.90 Å². The topological polar surface area (TPSA) is 46.6 Å². The Hall–Kier alpha value is -1.06. The van der Waals surface area contributed by atoms with Crippen molar-refractivity contribution in [2.75, 3.05) is 19.7 Å². The molecule has 1 amide bonds. The summed E-state index contributed by atoms with van der Waals surface area (Å²) in [5.41, 5.74) is -0.179. The number of hydrogen-bond acceptors (Lipinski definition) is 3. The molecule has 2 fully saturated rings. The Morgan fingerprint density at radius 1 is 1.50 bits per heavy atom. The first kappa shape index (κ1) is 11.4. The SMILES string of the molecule is CCCCOC(=O)N1CCC(=O)C2(CC2)C1. The molecule has 90 valence electrons. The van der Waals surface area contributed by atoms with Crippen molar-refractivity contribution in [3.8, 4) is 0 Å². The van der Waals surface area contributed by atoms with Crippen molar-refractivity contribution >= 4 is 11.9 Å². The quantitative estimate of drug-likeness (QED) is 0.690. The zero-order valence-electron chi connectivity index (χ0n) is 9.83. The number of amides is 1. The highest BCUT2D eigenvalue weighted by molar-refractivity contribution is 5.89. The third-order valence-electron chi connectivity index (χ3n) is 3.53. The summed E-state index contributed by atoms with van der Waals surface area (Å²) in [6.07, 6.45) is 4.09. The van der Waals surface area contributed by atoms with Gasteiger partial charge in [-0.2, -0.15) is 0 Å². The van der Waals surface area contributed by atoms with Crippen LogP contribution in [0.3, 0.4) is 0 Å². The van der Waals surface area contributed by atoms with Crippen molar-refractivity contribution in [3.05, 3.63) is 0 Å². The van der Waals surface area contributed by atoms with E-state index in [1.807, 2.05) is 0 Å². The molecule has 0 bridgehead atoms. The molecule has 0 unspecified atom stereocenters. The van der Waals surface area contributed by atoms with Crippen molar-refractivity contribution in [1.82, 2.24) is 4.90 Å². The van der Waals surface area contributed by atoms with Crippen molar-refractivity contribution in [1.29, 1.82) is 0 Å². The van der Waals surface area contributed by atoms with Crippen LogP contribution in [-0.2, 0) is 9.53 Å². The Labute approximate surface area is 95.9 Å². The molecule has 2 rings (SSSR count). The Kier molecular flexibility index (Phi) is 3.17. The maximum atomic E-state index is 11.7. The molecule has 0 atom stereocenters. The van der Waals surface area contributed by atoms with Crippen LogP contribution in [0.25, 0.3) is 0 Å². The number of hydrogen-bond donors (Lipinski definition) is 0. The van der Waals surface area contributed by atoms with E-state index >= 15 is 0 Å². The number of ether oxygens (including phenoxy) is 1. The lowest BCUT2D eigenvalue weighted by Crippen LogP contribution is -2.45. The minimum atomic E-state index is -0.243. The minimum absolute atomic E-state index is 0.179. The molecule has 0 N–H and O–H groups in total. The lowest BCUT2D eigenvalue weighted by atomic mass is 9.94. The molecule has 1 aliphatic heterocycles. The summed E-state index contributed by atoms with van der Waals surface area (Å²) in [4.78, 5) is 25.0. The van der Waals surface area contributed by atoms with Crippen molar-refractivity contribution in [2.24, 2.45) is 5.41 Å². The minimum Gasteiger partial charge on any atom is -0.449 e. The van der Waals surface area contributed by atoms with Crippen LogP contribution < -0.4 is 0 Å². The summed E-state index contributed by atoms with van der Waals surface area (Å²) in [7, 11) is 0. The highest BCUT2D eigenvalue weighted by Gasteiger charge is 2.53. The van der Waals surface area contributed by atoms with Crippen LogP contribution in [0.15, 0.2) is 0 Å². The lowest BCUT2D eigenvalue weighted by molar-refractivity contribution is -0.127. The van der Waals surface area contributed by atoms with Gasteiger partial charge in [-0.25, -0.2) is 4.79 Å². The number of likely N-dealkylation sites (tertiary alicyclic amines) is 1. The Morgan fingerprint density at radius 3 is 2.88 bits per heavy atom. The first-order valence-electron chi connectivity index (χ1n) is 6.13. The Bertz CT molecular complexity index is 297. The smallest absolute Gasteiger partial charge is 0.409 e. The molecule has 2 aliphatic rings. The summed E-state index contributed by atoms with van der Waals surface area (Å²) >= 11 is 0. The number of rotatable bonds is 3. The number of carbonyl (C=O) groups is 2. The van der Waals surface area contributed by atoms with E-state index in [1.165, 1.54) is 0 Å². The van der Waals surface area contributed by atoms with Gasteiger partial charge in [-0.3, -0.25) is 4.79 Å². The fourth-order valence-corrected chi connectivity index (χ4v) is 2.17. The van der Waals surface area contributed by atoms with Gasteiger partial charge in [0.1, 0.15) is 5.78 Å². The fourth-order valence-electron chi connectivity index (χ4n) is 2.17. The van der Waals surface area contributed by atoms with Crippen molar-refractivity contribution < 1.29 is 14.3 Å². The van der Waals surface area contributed by atoms with Gasteiger partial charge >= 0.3 is 6.09 Å². The van der Waals surface area contributed by atoms with Gasteiger partial charge < -0.3 is 9.64 Å². The summed E-state index contributed by atoms with van der Waals surface area (Å²) < 4.78 is 5.15. The number of piperidine rings is 1. The van der Waals surface area contributed by atoms with E-state index in [4.69, 9.17) is 4.74 Å². The molecule has 1 spiro atoms. The second-order valence-corrected chi connectivity index (χ2v) is 4.84. The average Bonchev–Trinajstić information content (AvgIpc) is 3.03. The van der Waals surface area contributed by atoms with Gasteiger partial charge in [0.05, 0.1) is 6.61 Å². The summed E-state index contributed by atoms with van der Waals surface area (Å²) in [6.45, 7) is 3.67. The van der Waals surface area contributed by atoms with Crippen LogP contribution in [0.4, 0.5) is 4.79 Å². The fraction of sp³-hybridized carbons (Fsp3) is 0.833. The Morgan fingerprint density at radius 2 is 2.25 bits per heavy atom. The summed E-state index contributed by atoms with van der Waals surface area (Å²) in [5, 5.41) is 0. The molecule has 1 aliphatic carbocycles. The highest BCUT2D eigenvalue weighted by atomic mass is 16.6. The molecule has 1 saturated carbocycles. The second-order valence-electron chi connectivity index (χ2n) is 4.84. The van der Waals surface area contributed by atoms with E-state index in [9.17, 15) is 9.59 Å². The molecule has 1 heterocycles. The van der Waals surface area contributed by atoms with Crippen LogP contribution in [0, 0.1) is 5.41 Å². The molecule has 0 radical (unpaired) electrons. The zero-order valence-corrected chi connectivity index (χ0v) is 9.83. The van der Waals surface area contributed by atoms with E-state index < -0.39 is 0 Å². The number of carbonyl (C=O) groups excluding carboxylic acids is 2. The first-order chi connectivity index (χ1) is 7.68. The number of Topliss-reactive ketones (excluding diaryl/α,β-unsaturated/α-hetero) is 1.